The molecule has 0 saturated carbocycles. The molecule has 3 rings (SSSR count). The fraction of sp³-hybridized carbons (Fsp3) is 0.556. The van der Waals surface area contributed by atoms with Crippen LogP contribution in [0.4, 0.5) is 0 Å². The molecule has 2 fully saturated rings. The second kappa shape index (κ2) is 8.26. The van der Waals surface area contributed by atoms with Gasteiger partial charge in [0.25, 0.3) is 0 Å². The van der Waals surface area contributed by atoms with Crippen LogP contribution in [0, 0.1) is 0 Å². The number of amides is 2. The normalized spacial score (nSPS) is 20.0. The Morgan fingerprint density at radius 2 is 1.71 bits per heavy atom. The van der Waals surface area contributed by atoms with E-state index < -0.39 is 0 Å². The number of nitrogens with zero attached hydrogens (tertiary/aromatic N) is 3. The van der Waals surface area contributed by atoms with Crippen LogP contribution in [0.5, 0.6) is 0 Å². The first-order chi connectivity index (χ1) is 11.7. The smallest absolute Gasteiger partial charge is 0.239 e. The molecule has 1 aromatic carbocycles. The van der Waals surface area contributed by atoms with Crippen LogP contribution in [0.15, 0.2) is 30.3 Å². The minimum Gasteiger partial charge on any atom is -0.353 e. The minimum atomic E-state index is -0.0552. The third kappa shape index (κ3) is 4.79. The van der Waals surface area contributed by atoms with Crippen molar-refractivity contribution >= 4 is 11.8 Å². The summed E-state index contributed by atoms with van der Waals surface area (Å²) in [6.07, 6.45) is 1.07. The van der Waals surface area contributed by atoms with Crippen molar-refractivity contribution in [3.05, 3.63) is 35.9 Å². The number of benzene rings is 1. The highest BCUT2D eigenvalue weighted by atomic mass is 16.2. The monoisotopic (exact) mass is 330 g/mol. The molecule has 0 aromatic heterocycles. The molecule has 130 valence electrons. The highest BCUT2D eigenvalue weighted by molar-refractivity contribution is 5.86. The average Bonchev–Trinajstić information content (AvgIpc) is 2.62. The number of hydrogen-bond acceptors (Lipinski definition) is 4. The molecule has 1 N–H and O–H groups in total. The van der Waals surface area contributed by atoms with Gasteiger partial charge in [-0.2, -0.15) is 0 Å². The molecule has 2 aliphatic rings. The van der Waals surface area contributed by atoms with Gasteiger partial charge in [-0.05, 0) is 12.0 Å². The zero-order valence-corrected chi connectivity index (χ0v) is 14.1. The molecule has 2 saturated heterocycles. The summed E-state index contributed by atoms with van der Waals surface area (Å²) >= 11 is 0. The summed E-state index contributed by atoms with van der Waals surface area (Å²) in [7, 11) is 0. The summed E-state index contributed by atoms with van der Waals surface area (Å²) in [5.74, 6) is 0.0166. The summed E-state index contributed by atoms with van der Waals surface area (Å²) in [5.41, 5.74) is 1.37. The number of hydrogen-bond donors (Lipinski definition) is 1. The summed E-state index contributed by atoms with van der Waals surface area (Å²) in [6.45, 7) is 6.73. The predicted molar refractivity (Wildman–Crippen MR) is 92.6 cm³/mol. The highest BCUT2D eigenvalue weighted by Gasteiger charge is 2.24. The Labute approximate surface area is 143 Å². The number of piperazine rings is 2. The molecule has 0 spiro atoms. The van der Waals surface area contributed by atoms with Gasteiger partial charge in [-0.25, -0.2) is 0 Å². The first-order valence-corrected chi connectivity index (χ1v) is 8.74. The SMILES string of the molecule is O=C1CN(C(=O)CN2CCN(CCc3ccccc3)CC2)CCN1. The van der Waals surface area contributed by atoms with E-state index >= 15 is 0 Å². The standard InChI is InChI=1S/C18H26N4O2/c23-17-14-22(9-7-19-17)18(24)15-21-12-10-20(11-13-21)8-6-16-4-2-1-3-5-16/h1-5H,6-15H2,(H,19,23). The van der Waals surface area contributed by atoms with Gasteiger partial charge in [-0.1, -0.05) is 30.3 Å². The van der Waals surface area contributed by atoms with Crippen molar-refractivity contribution < 1.29 is 9.59 Å². The molecule has 24 heavy (non-hydrogen) atoms. The maximum atomic E-state index is 12.3. The fourth-order valence-corrected chi connectivity index (χ4v) is 3.25. The average molecular weight is 330 g/mol. The largest absolute Gasteiger partial charge is 0.353 e. The maximum Gasteiger partial charge on any atom is 0.239 e. The summed E-state index contributed by atoms with van der Waals surface area (Å²) in [4.78, 5) is 30.0. The molecule has 0 bridgehead atoms. The Hall–Kier alpha value is -1.92. The quantitative estimate of drug-likeness (QED) is 0.813. The second-order valence-corrected chi connectivity index (χ2v) is 6.52. The van der Waals surface area contributed by atoms with Crippen LogP contribution < -0.4 is 5.32 Å². The lowest BCUT2D eigenvalue weighted by Crippen LogP contribution is -2.54. The van der Waals surface area contributed by atoms with Crippen molar-refractivity contribution in [3.8, 4) is 0 Å². The molecule has 0 atom stereocenters. The van der Waals surface area contributed by atoms with Gasteiger partial charge in [0.1, 0.15) is 0 Å². The van der Waals surface area contributed by atoms with Gasteiger partial charge < -0.3 is 15.1 Å². The van der Waals surface area contributed by atoms with E-state index in [0.29, 0.717) is 19.6 Å². The fourth-order valence-electron chi connectivity index (χ4n) is 3.25. The molecule has 0 unspecified atom stereocenters. The van der Waals surface area contributed by atoms with Crippen molar-refractivity contribution in [2.45, 2.75) is 6.42 Å². The van der Waals surface area contributed by atoms with Crippen molar-refractivity contribution in [2.24, 2.45) is 0 Å². The van der Waals surface area contributed by atoms with Crippen LogP contribution in [-0.4, -0.2) is 85.4 Å². The Bertz CT molecular complexity index is 555. The van der Waals surface area contributed by atoms with Crippen molar-refractivity contribution in [1.29, 1.82) is 0 Å². The van der Waals surface area contributed by atoms with Gasteiger partial charge in [0, 0.05) is 45.8 Å². The van der Waals surface area contributed by atoms with E-state index in [1.807, 2.05) is 6.07 Å². The van der Waals surface area contributed by atoms with E-state index in [9.17, 15) is 9.59 Å². The molecule has 6 nitrogen and oxygen atoms in total. The molecule has 2 amide bonds. The molecule has 6 heteroatoms. The Kier molecular flexibility index (Phi) is 5.82. The van der Waals surface area contributed by atoms with Gasteiger partial charge in [0.05, 0.1) is 13.1 Å². The summed E-state index contributed by atoms with van der Waals surface area (Å²) in [6, 6.07) is 10.6. The second-order valence-electron chi connectivity index (χ2n) is 6.52. The first-order valence-electron chi connectivity index (χ1n) is 8.74. The Morgan fingerprint density at radius 3 is 2.42 bits per heavy atom. The molecular weight excluding hydrogens is 304 g/mol. The van der Waals surface area contributed by atoms with Gasteiger partial charge in [-0.3, -0.25) is 14.5 Å². The van der Waals surface area contributed by atoms with Gasteiger partial charge in [-0.15, -0.1) is 0 Å². The van der Waals surface area contributed by atoms with Gasteiger partial charge in [0.15, 0.2) is 0 Å². The summed E-state index contributed by atoms with van der Waals surface area (Å²) < 4.78 is 0. The third-order valence-corrected chi connectivity index (χ3v) is 4.77. The molecular formula is C18H26N4O2. The Balaban J connectivity index is 1.37. The lowest BCUT2D eigenvalue weighted by molar-refractivity contribution is -0.139. The number of carbonyl (C=O) groups is 2. The van der Waals surface area contributed by atoms with E-state index in [1.54, 1.807) is 4.90 Å². The van der Waals surface area contributed by atoms with Crippen LogP contribution in [0.1, 0.15) is 5.56 Å². The molecule has 2 heterocycles. The molecule has 0 radical (unpaired) electrons. The lowest BCUT2D eigenvalue weighted by Gasteiger charge is -2.36. The van der Waals surface area contributed by atoms with Gasteiger partial charge >= 0.3 is 0 Å². The van der Waals surface area contributed by atoms with Crippen molar-refractivity contribution in [2.75, 3.05) is 58.9 Å². The van der Waals surface area contributed by atoms with E-state index in [0.717, 1.165) is 39.1 Å². The van der Waals surface area contributed by atoms with E-state index in [-0.39, 0.29) is 18.4 Å². The topological polar surface area (TPSA) is 55.9 Å². The number of carbonyl (C=O) groups excluding carboxylic acids is 2. The third-order valence-electron chi connectivity index (χ3n) is 4.77. The molecule has 2 aliphatic heterocycles. The van der Waals surface area contributed by atoms with Crippen LogP contribution in [0.2, 0.25) is 0 Å². The van der Waals surface area contributed by atoms with Crippen LogP contribution in [0.25, 0.3) is 0 Å². The Morgan fingerprint density at radius 1 is 1.00 bits per heavy atom. The molecule has 1 aromatic rings. The van der Waals surface area contributed by atoms with Crippen LogP contribution in [-0.2, 0) is 16.0 Å². The highest BCUT2D eigenvalue weighted by Crippen LogP contribution is 2.06. The summed E-state index contributed by atoms with van der Waals surface area (Å²) in [5, 5.41) is 2.75. The van der Waals surface area contributed by atoms with Gasteiger partial charge in [0.2, 0.25) is 11.8 Å². The molecule has 0 aliphatic carbocycles. The zero-order chi connectivity index (χ0) is 16.8. The van der Waals surface area contributed by atoms with Crippen LogP contribution in [0.3, 0.4) is 0 Å². The van der Waals surface area contributed by atoms with E-state index in [1.165, 1.54) is 5.56 Å². The van der Waals surface area contributed by atoms with E-state index in [4.69, 9.17) is 0 Å². The lowest BCUT2D eigenvalue weighted by atomic mass is 10.1. The first kappa shape index (κ1) is 16.9. The van der Waals surface area contributed by atoms with E-state index in [2.05, 4.69) is 39.4 Å². The maximum absolute atomic E-state index is 12.3. The zero-order valence-electron chi connectivity index (χ0n) is 14.1. The van der Waals surface area contributed by atoms with Crippen molar-refractivity contribution in [3.63, 3.8) is 0 Å². The predicted octanol–water partition coefficient (Wildman–Crippen LogP) is -0.195. The minimum absolute atomic E-state index is 0.0552. The van der Waals surface area contributed by atoms with Crippen molar-refractivity contribution in [1.82, 2.24) is 20.0 Å². The van der Waals surface area contributed by atoms with Crippen LogP contribution >= 0.6 is 0 Å². The number of rotatable bonds is 5. The number of nitrogens with one attached hydrogen (secondary N) is 1.